The second-order valence-corrected chi connectivity index (χ2v) is 8.23. The fourth-order valence-electron chi connectivity index (χ4n) is 4.02. The van der Waals surface area contributed by atoms with Crippen molar-refractivity contribution in [1.29, 1.82) is 0 Å². The topological polar surface area (TPSA) is 75.4 Å². The maximum Gasteiger partial charge on any atom is 0.257 e. The van der Waals surface area contributed by atoms with Crippen LogP contribution in [0.2, 0.25) is 0 Å². The Morgan fingerprint density at radius 2 is 1.97 bits per heavy atom. The highest BCUT2D eigenvalue weighted by molar-refractivity contribution is 6.04. The molecule has 0 unspecified atom stereocenters. The van der Waals surface area contributed by atoms with Crippen LogP contribution in [0, 0.1) is 18.8 Å². The summed E-state index contributed by atoms with van der Waals surface area (Å²) in [6, 6.07) is 11.5. The molecule has 7 nitrogen and oxygen atoms in total. The van der Waals surface area contributed by atoms with Gasteiger partial charge in [-0.3, -0.25) is 14.7 Å². The Morgan fingerprint density at radius 1 is 1.09 bits per heavy atom. The molecule has 1 saturated heterocycles. The SMILES string of the molecule is Cc1cc(NC(=O)c2cncc(C#Cc3cnc4cccnn34)c2)ccc1CN1CCCC1. The van der Waals surface area contributed by atoms with Gasteiger partial charge in [0.2, 0.25) is 0 Å². The zero-order valence-corrected chi connectivity index (χ0v) is 18.5. The van der Waals surface area contributed by atoms with E-state index < -0.39 is 0 Å². The minimum absolute atomic E-state index is 0.214. The number of nitrogens with zero attached hydrogens (tertiary/aromatic N) is 5. The summed E-state index contributed by atoms with van der Waals surface area (Å²) in [5, 5.41) is 7.23. The fourth-order valence-corrected chi connectivity index (χ4v) is 4.02. The van der Waals surface area contributed by atoms with Crippen LogP contribution in [0.5, 0.6) is 0 Å². The number of anilines is 1. The van der Waals surface area contributed by atoms with Gasteiger partial charge in [0, 0.05) is 36.4 Å². The van der Waals surface area contributed by atoms with Gasteiger partial charge in [-0.1, -0.05) is 12.0 Å². The van der Waals surface area contributed by atoms with E-state index in [2.05, 4.69) is 50.1 Å². The average Bonchev–Trinajstić information content (AvgIpc) is 3.49. The zero-order chi connectivity index (χ0) is 22.6. The molecule has 0 aliphatic carbocycles. The van der Waals surface area contributed by atoms with Crippen molar-refractivity contribution < 1.29 is 4.79 Å². The molecule has 1 amide bonds. The van der Waals surface area contributed by atoms with E-state index in [0.29, 0.717) is 16.8 Å². The molecule has 0 bridgehead atoms. The molecule has 1 aliphatic rings. The van der Waals surface area contributed by atoms with E-state index in [4.69, 9.17) is 0 Å². The van der Waals surface area contributed by atoms with Crippen LogP contribution in [0.25, 0.3) is 5.65 Å². The number of benzene rings is 1. The van der Waals surface area contributed by atoms with Gasteiger partial charge < -0.3 is 5.32 Å². The summed E-state index contributed by atoms with van der Waals surface area (Å²) in [7, 11) is 0. The predicted molar refractivity (Wildman–Crippen MR) is 127 cm³/mol. The van der Waals surface area contributed by atoms with E-state index in [9.17, 15) is 4.79 Å². The van der Waals surface area contributed by atoms with Gasteiger partial charge in [0.25, 0.3) is 5.91 Å². The first-order valence-electron chi connectivity index (χ1n) is 11.0. The minimum Gasteiger partial charge on any atom is -0.322 e. The Morgan fingerprint density at radius 3 is 2.82 bits per heavy atom. The van der Waals surface area contributed by atoms with Gasteiger partial charge in [-0.2, -0.15) is 5.10 Å². The third kappa shape index (κ3) is 4.76. The number of amides is 1. The number of nitrogens with one attached hydrogen (secondary N) is 1. The van der Waals surface area contributed by atoms with Gasteiger partial charge in [0.15, 0.2) is 5.65 Å². The van der Waals surface area contributed by atoms with E-state index in [0.717, 1.165) is 31.0 Å². The number of fused-ring (bicyclic) bond motifs is 1. The number of pyridine rings is 1. The molecule has 1 aliphatic heterocycles. The van der Waals surface area contributed by atoms with Gasteiger partial charge >= 0.3 is 0 Å². The van der Waals surface area contributed by atoms with E-state index in [1.807, 2.05) is 24.3 Å². The first kappa shape index (κ1) is 20.9. The van der Waals surface area contributed by atoms with Crippen LogP contribution in [-0.2, 0) is 6.54 Å². The molecule has 1 fully saturated rings. The van der Waals surface area contributed by atoms with E-state index >= 15 is 0 Å². The van der Waals surface area contributed by atoms with Crippen LogP contribution in [0.4, 0.5) is 5.69 Å². The van der Waals surface area contributed by atoms with Crippen molar-refractivity contribution >= 4 is 17.2 Å². The maximum absolute atomic E-state index is 12.8. The van der Waals surface area contributed by atoms with Crippen molar-refractivity contribution in [3.8, 4) is 11.8 Å². The second-order valence-electron chi connectivity index (χ2n) is 8.23. The molecule has 4 aromatic rings. The molecule has 1 N–H and O–H groups in total. The Balaban J connectivity index is 1.29. The summed E-state index contributed by atoms with van der Waals surface area (Å²) in [6.07, 6.45) is 9.10. The summed E-state index contributed by atoms with van der Waals surface area (Å²) in [5.41, 5.74) is 5.76. The van der Waals surface area contributed by atoms with Crippen molar-refractivity contribution in [2.24, 2.45) is 0 Å². The molecule has 1 aromatic carbocycles. The minimum atomic E-state index is -0.214. The summed E-state index contributed by atoms with van der Waals surface area (Å²) >= 11 is 0. The molecular formula is C26H24N6O. The Labute approximate surface area is 192 Å². The highest BCUT2D eigenvalue weighted by Gasteiger charge is 2.14. The fraction of sp³-hybridized carbons (Fsp3) is 0.231. The van der Waals surface area contributed by atoms with Crippen LogP contribution < -0.4 is 5.32 Å². The third-order valence-electron chi connectivity index (χ3n) is 5.81. The standard InChI is InChI=1S/C26H24N6O/c1-19-13-23(8-7-21(19)18-31-11-2-3-12-31)30-26(33)22-14-20(15-27-16-22)6-9-24-17-28-25-5-4-10-29-32(24)25/h4-5,7-8,10,13-17H,2-3,11-12,18H2,1H3,(H,30,33). The second kappa shape index (κ2) is 9.23. The van der Waals surface area contributed by atoms with Crippen molar-refractivity contribution in [3.63, 3.8) is 0 Å². The monoisotopic (exact) mass is 436 g/mol. The number of rotatable bonds is 4. The number of aromatic nitrogens is 4. The van der Waals surface area contributed by atoms with Crippen molar-refractivity contribution in [3.05, 3.63) is 89.1 Å². The molecule has 164 valence electrons. The molecular weight excluding hydrogens is 412 g/mol. The quantitative estimate of drug-likeness (QED) is 0.494. The lowest BCUT2D eigenvalue weighted by molar-refractivity contribution is 0.102. The summed E-state index contributed by atoms with van der Waals surface area (Å²) in [5.74, 6) is 5.89. The van der Waals surface area contributed by atoms with Crippen molar-refractivity contribution in [2.75, 3.05) is 18.4 Å². The van der Waals surface area contributed by atoms with Crippen LogP contribution >= 0.6 is 0 Å². The van der Waals surface area contributed by atoms with Gasteiger partial charge in [0.05, 0.1) is 11.8 Å². The van der Waals surface area contributed by atoms with Crippen LogP contribution in [-0.4, -0.2) is 43.5 Å². The number of imidazole rings is 1. The lowest BCUT2D eigenvalue weighted by Crippen LogP contribution is -2.19. The number of carbonyl (C=O) groups excluding carboxylic acids is 1. The van der Waals surface area contributed by atoms with E-state index in [-0.39, 0.29) is 5.91 Å². The number of carbonyl (C=O) groups is 1. The first-order chi connectivity index (χ1) is 16.2. The normalized spacial score (nSPS) is 13.6. The maximum atomic E-state index is 12.8. The van der Waals surface area contributed by atoms with Crippen molar-refractivity contribution in [2.45, 2.75) is 26.3 Å². The molecule has 0 spiro atoms. The third-order valence-corrected chi connectivity index (χ3v) is 5.81. The molecule has 33 heavy (non-hydrogen) atoms. The smallest absolute Gasteiger partial charge is 0.257 e. The first-order valence-corrected chi connectivity index (χ1v) is 11.0. The molecule has 0 saturated carbocycles. The molecule has 5 rings (SSSR count). The van der Waals surface area contributed by atoms with Crippen LogP contribution in [0.1, 0.15) is 45.6 Å². The molecule has 4 heterocycles. The summed E-state index contributed by atoms with van der Waals surface area (Å²) in [6.45, 7) is 5.39. The highest BCUT2D eigenvalue weighted by atomic mass is 16.1. The lowest BCUT2D eigenvalue weighted by Gasteiger charge is -2.17. The van der Waals surface area contributed by atoms with Gasteiger partial charge in [0.1, 0.15) is 5.69 Å². The molecule has 3 aromatic heterocycles. The number of aryl methyl sites for hydroxylation is 1. The Hall–Kier alpha value is -4.02. The Bertz CT molecular complexity index is 1370. The van der Waals surface area contributed by atoms with Crippen LogP contribution in [0.3, 0.4) is 0 Å². The average molecular weight is 437 g/mol. The van der Waals surface area contributed by atoms with Gasteiger partial charge in [-0.05, 0) is 80.2 Å². The molecule has 0 radical (unpaired) electrons. The molecule has 7 heteroatoms. The predicted octanol–water partition coefficient (Wildman–Crippen LogP) is 3.68. The number of hydrogen-bond donors (Lipinski definition) is 1. The summed E-state index contributed by atoms with van der Waals surface area (Å²) in [4.78, 5) is 23.8. The summed E-state index contributed by atoms with van der Waals surface area (Å²) < 4.78 is 1.67. The number of hydrogen-bond acceptors (Lipinski definition) is 5. The van der Waals surface area contributed by atoms with Crippen molar-refractivity contribution in [1.82, 2.24) is 24.5 Å². The largest absolute Gasteiger partial charge is 0.322 e. The number of likely N-dealkylation sites (tertiary alicyclic amines) is 1. The Kier molecular flexibility index (Phi) is 5.83. The highest BCUT2D eigenvalue weighted by Crippen LogP contribution is 2.20. The van der Waals surface area contributed by atoms with Gasteiger partial charge in [-0.25, -0.2) is 9.50 Å². The van der Waals surface area contributed by atoms with Gasteiger partial charge in [-0.15, -0.1) is 0 Å². The molecule has 0 atom stereocenters. The van der Waals surface area contributed by atoms with E-state index in [1.165, 1.54) is 24.0 Å². The van der Waals surface area contributed by atoms with E-state index in [1.54, 1.807) is 35.4 Å². The lowest BCUT2D eigenvalue weighted by atomic mass is 10.1. The zero-order valence-electron chi connectivity index (χ0n) is 18.5. The van der Waals surface area contributed by atoms with Crippen LogP contribution in [0.15, 0.2) is 61.2 Å².